The molecule has 1 atom stereocenters. The Morgan fingerprint density at radius 3 is 2.68 bits per heavy atom. The fourth-order valence-electron chi connectivity index (χ4n) is 2.03. The molecule has 6 heteroatoms. The molecule has 2 N–H and O–H groups in total. The maximum absolute atomic E-state index is 13.7. The van der Waals surface area contributed by atoms with E-state index in [2.05, 4.69) is 10.3 Å². The first-order valence-corrected chi connectivity index (χ1v) is 6.69. The Balaban J connectivity index is 2.10. The Hall–Kier alpha value is -2.34. The predicted molar refractivity (Wildman–Crippen MR) is 77.2 cm³/mol. The van der Waals surface area contributed by atoms with E-state index in [9.17, 15) is 18.7 Å². The Morgan fingerprint density at radius 2 is 2.05 bits per heavy atom. The van der Waals surface area contributed by atoms with Gasteiger partial charge in [0.25, 0.3) is 5.91 Å². The van der Waals surface area contributed by atoms with E-state index in [1.54, 1.807) is 19.1 Å². The van der Waals surface area contributed by atoms with E-state index in [0.717, 1.165) is 12.1 Å². The van der Waals surface area contributed by atoms with E-state index in [1.165, 1.54) is 13.0 Å². The van der Waals surface area contributed by atoms with E-state index in [1.807, 2.05) is 0 Å². The standard InChI is InChI=1S/C16H16F2N2O2/c1-10-4-3-5-14(20-10)15(21)19-9-16(2,22)12-7-6-11(17)8-13(12)18/h3-8,22H,9H2,1-2H3,(H,19,21)/t16-/m0/s1. The highest BCUT2D eigenvalue weighted by Crippen LogP contribution is 2.23. The van der Waals surface area contributed by atoms with Crippen molar-refractivity contribution in [3.05, 3.63) is 65.0 Å². The van der Waals surface area contributed by atoms with Crippen LogP contribution in [0.25, 0.3) is 0 Å². The molecule has 0 bridgehead atoms. The number of carbonyl (C=O) groups excluding carboxylic acids is 1. The fourth-order valence-corrected chi connectivity index (χ4v) is 2.03. The van der Waals surface area contributed by atoms with Crippen molar-refractivity contribution in [3.8, 4) is 0 Å². The highest BCUT2D eigenvalue weighted by Gasteiger charge is 2.27. The van der Waals surface area contributed by atoms with E-state index < -0.39 is 23.1 Å². The summed E-state index contributed by atoms with van der Waals surface area (Å²) in [7, 11) is 0. The molecular formula is C16H16F2N2O2. The summed E-state index contributed by atoms with van der Waals surface area (Å²) >= 11 is 0. The van der Waals surface area contributed by atoms with Crippen LogP contribution in [-0.2, 0) is 5.60 Å². The van der Waals surface area contributed by atoms with Gasteiger partial charge in [0.1, 0.15) is 22.9 Å². The lowest BCUT2D eigenvalue weighted by molar-refractivity contribution is 0.0493. The lowest BCUT2D eigenvalue weighted by atomic mass is 9.95. The van der Waals surface area contributed by atoms with E-state index >= 15 is 0 Å². The smallest absolute Gasteiger partial charge is 0.269 e. The molecule has 0 saturated heterocycles. The predicted octanol–water partition coefficient (Wildman–Crippen LogP) is 2.31. The zero-order valence-corrected chi connectivity index (χ0v) is 12.2. The monoisotopic (exact) mass is 306 g/mol. The first-order valence-electron chi connectivity index (χ1n) is 6.69. The molecule has 1 amide bonds. The normalized spacial score (nSPS) is 13.5. The third-order valence-corrected chi connectivity index (χ3v) is 3.23. The van der Waals surface area contributed by atoms with Crippen LogP contribution in [0.1, 0.15) is 28.7 Å². The van der Waals surface area contributed by atoms with Gasteiger partial charge in [0.05, 0.1) is 6.54 Å². The topological polar surface area (TPSA) is 62.2 Å². The Bertz CT molecular complexity index is 702. The highest BCUT2D eigenvalue weighted by atomic mass is 19.1. The molecule has 0 unspecified atom stereocenters. The summed E-state index contributed by atoms with van der Waals surface area (Å²) in [5.74, 6) is -2.08. The van der Waals surface area contributed by atoms with Crippen molar-refractivity contribution in [2.45, 2.75) is 19.4 Å². The van der Waals surface area contributed by atoms with Gasteiger partial charge in [-0.2, -0.15) is 0 Å². The van der Waals surface area contributed by atoms with Crippen LogP contribution in [0.3, 0.4) is 0 Å². The zero-order chi connectivity index (χ0) is 16.3. The summed E-state index contributed by atoms with van der Waals surface area (Å²) < 4.78 is 26.6. The van der Waals surface area contributed by atoms with Gasteiger partial charge < -0.3 is 10.4 Å². The third kappa shape index (κ3) is 3.65. The first-order chi connectivity index (χ1) is 10.3. The maximum Gasteiger partial charge on any atom is 0.269 e. The summed E-state index contributed by atoms with van der Waals surface area (Å²) in [5, 5.41) is 12.8. The number of pyridine rings is 1. The van der Waals surface area contributed by atoms with Crippen molar-refractivity contribution in [1.82, 2.24) is 10.3 Å². The molecule has 2 aromatic rings. The van der Waals surface area contributed by atoms with E-state index in [0.29, 0.717) is 11.8 Å². The van der Waals surface area contributed by atoms with Crippen LogP contribution in [-0.4, -0.2) is 22.5 Å². The Morgan fingerprint density at radius 1 is 1.32 bits per heavy atom. The second-order valence-electron chi connectivity index (χ2n) is 5.24. The van der Waals surface area contributed by atoms with Crippen LogP contribution in [0.5, 0.6) is 0 Å². The number of aryl methyl sites for hydroxylation is 1. The molecule has 4 nitrogen and oxygen atoms in total. The maximum atomic E-state index is 13.7. The van der Waals surface area contributed by atoms with Crippen molar-refractivity contribution in [2.75, 3.05) is 6.54 Å². The van der Waals surface area contributed by atoms with Crippen molar-refractivity contribution in [2.24, 2.45) is 0 Å². The van der Waals surface area contributed by atoms with E-state index in [4.69, 9.17) is 0 Å². The number of nitrogens with zero attached hydrogens (tertiary/aromatic N) is 1. The minimum Gasteiger partial charge on any atom is -0.383 e. The summed E-state index contributed by atoms with van der Waals surface area (Å²) in [6, 6.07) is 7.87. The number of benzene rings is 1. The average molecular weight is 306 g/mol. The number of hydrogen-bond acceptors (Lipinski definition) is 3. The van der Waals surface area contributed by atoms with Crippen molar-refractivity contribution in [3.63, 3.8) is 0 Å². The summed E-state index contributed by atoms with van der Waals surface area (Å²) in [5.41, 5.74) is -0.872. The molecule has 0 saturated carbocycles. The number of hydrogen-bond donors (Lipinski definition) is 2. The summed E-state index contributed by atoms with van der Waals surface area (Å²) in [4.78, 5) is 16.0. The van der Waals surface area contributed by atoms with Gasteiger partial charge in [-0.25, -0.2) is 13.8 Å². The largest absolute Gasteiger partial charge is 0.383 e. The minimum atomic E-state index is -1.67. The van der Waals surface area contributed by atoms with Gasteiger partial charge >= 0.3 is 0 Å². The lowest BCUT2D eigenvalue weighted by Gasteiger charge is -2.24. The summed E-state index contributed by atoms with van der Waals surface area (Å²) in [6.45, 7) is 2.86. The van der Waals surface area contributed by atoms with Gasteiger partial charge in [0.2, 0.25) is 0 Å². The van der Waals surface area contributed by atoms with Gasteiger partial charge in [-0.15, -0.1) is 0 Å². The van der Waals surface area contributed by atoms with Gasteiger partial charge in [-0.05, 0) is 32.0 Å². The van der Waals surface area contributed by atoms with Crippen molar-refractivity contribution >= 4 is 5.91 Å². The molecule has 0 spiro atoms. The number of nitrogens with one attached hydrogen (secondary N) is 1. The van der Waals surface area contributed by atoms with Gasteiger partial charge in [0, 0.05) is 17.3 Å². The molecule has 2 rings (SSSR count). The van der Waals surface area contributed by atoms with Crippen LogP contribution in [0.4, 0.5) is 8.78 Å². The molecular weight excluding hydrogens is 290 g/mol. The zero-order valence-electron chi connectivity index (χ0n) is 12.2. The van der Waals surface area contributed by atoms with Crippen molar-refractivity contribution < 1.29 is 18.7 Å². The Kier molecular flexibility index (Phi) is 4.51. The van der Waals surface area contributed by atoms with Crippen LogP contribution in [0, 0.1) is 18.6 Å². The number of aliphatic hydroxyl groups is 1. The van der Waals surface area contributed by atoms with Crippen LogP contribution in [0.15, 0.2) is 36.4 Å². The average Bonchev–Trinajstić information content (AvgIpc) is 2.44. The quantitative estimate of drug-likeness (QED) is 0.911. The second kappa shape index (κ2) is 6.19. The molecule has 0 aliphatic rings. The van der Waals surface area contributed by atoms with Gasteiger partial charge in [-0.1, -0.05) is 12.1 Å². The molecule has 116 valence electrons. The molecule has 0 aliphatic heterocycles. The molecule has 0 radical (unpaired) electrons. The minimum absolute atomic E-state index is 0.0913. The number of rotatable bonds is 4. The summed E-state index contributed by atoms with van der Waals surface area (Å²) in [6.07, 6.45) is 0. The Labute approximate surface area is 126 Å². The third-order valence-electron chi connectivity index (χ3n) is 3.23. The highest BCUT2D eigenvalue weighted by molar-refractivity contribution is 5.92. The molecule has 1 heterocycles. The number of amides is 1. The molecule has 0 fully saturated rings. The number of carbonyl (C=O) groups is 1. The van der Waals surface area contributed by atoms with Crippen molar-refractivity contribution in [1.29, 1.82) is 0 Å². The molecule has 22 heavy (non-hydrogen) atoms. The van der Waals surface area contributed by atoms with E-state index in [-0.39, 0.29) is 17.8 Å². The molecule has 1 aromatic carbocycles. The van der Waals surface area contributed by atoms with Gasteiger partial charge in [-0.3, -0.25) is 4.79 Å². The number of aromatic nitrogens is 1. The fraction of sp³-hybridized carbons (Fsp3) is 0.250. The van der Waals surface area contributed by atoms with Gasteiger partial charge in [0.15, 0.2) is 0 Å². The number of halogens is 2. The first kappa shape index (κ1) is 16.0. The molecule has 0 aliphatic carbocycles. The lowest BCUT2D eigenvalue weighted by Crippen LogP contribution is -2.39. The second-order valence-corrected chi connectivity index (χ2v) is 5.24. The SMILES string of the molecule is Cc1cccc(C(=O)NC[C@](C)(O)c2ccc(F)cc2F)n1. The molecule has 1 aromatic heterocycles. The van der Waals surface area contributed by atoms with Crippen LogP contribution in [0.2, 0.25) is 0 Å². The van der Waals surface area contributed by atoms with Crippen LogP contribution >= 0.6 is 0 Å². The van der Waals surface area contributed by atoms with Crippen LogP contribution < -0.4 is 5.32 Å².